The average molecular weight is 397 g/mol. The molecule has 0 saturated carbocycles. The summed E-state index contributed by atoms with van der Waals surface area (Å²) < 4.78 is 37.6. The molecule has 0 radical (unpaired) electrons. The molecule has 0 fully saturated rings. The van der Waals surface area contributed by atoms with E-state index in [2.05, 4.69) is 25.8 Å². The largest absolute Gasteiger partial charge is 0.408 e. The van der Waals surface area contributed by atoms with E-state index in [1.807, 2.05) is 0 Å². The Morgan fingerprint density at radius 1 is 1.30 bits per heavy atom. The zero-order valence-corrected chi connectivity index (χ0v) is 14.3. The van der Waals surface area contributed by atoms with Crippen molar-refractivity contribution in [3.8, 4) is 11.3 Å². The Bertz CT molecular complexity index is 961. The Morgan fingerprint density at radius 2 is 2.04 bits per heavy atom. The summed E-state index contributed by atoms with van der Waals surface area (Å²) in [6.45, 7) is -1.20. The summed E-state index contributed by atoms with van der Waals surface area (Å²) in [5.41, 5.74) is 3.90. The van der Waals surface area contributed by atoms with Crippen LogP contribution in [0.25, 0.3) is 11.3 Å². The van der Waals surface area contributed by atoms with Gasteiger partial charge in [-0.15, -0.1) is 0 Å². The van der Waals surface area contributed by atoms with Crippen LogP contribution < -0.4 is 5.43 Å². The zero-order valence-electron chi connectivity index (χ0n) is 13.5. The molecule has 27 heavy (non-hydrogen) atoms. The number of carbonyl (C=O) groups excluding carboxylic acids is 1. The number of aromatic nitrogens is 4. The minimum atomic E-state index is -4.36. The fourth-order valence-electron chi connectivity index (χ4n) is 2.14. The quantitative estimate of drug-likeness (QED) is 0.512. The van der Waals surface area contributed by atoms with Crippen LogP contribution in [0.4, 0.5) is 13.2 Å². The van der Waals surface area contributed by atoms with E-state index in [4.69, 9.17) is 11.6 Å². The summed E-state index contributed by atoms with van der Waals surface area (Å²) in [7, 11) is 0. The van der Waals surface area contributed by atoms with Gasteiger partial charge in [-0.2, -0.15) is 28.5 Å². The molecule has 0 aliphatic heterocycles. The van der Waals surface area contributed by atoms with Crippen LogP contribution in [-0.4, -0.2) is 38.3 Å². The first-order valence-corrected chi connectivity index (χ1v) is 7.93. The van der Waals surface area contributed by atoms with Gasteiger partial charge in [0.05, 0.1) is 11.9 Å². The highest BCUT2D eigenvalue weighted by Crippen LogP contribution is 2.20. The highest BCUT2D eigenvalue weighted by atomic mass is 35.5. The molecule has 0 aliphatic rings. The Hall–Kier alpha value is -3.14. The third kappa shape index (κ3) is 5.17. The van der Waals surface area contributed by atoms with Gasteiger partial charge < -0.3 is 0 Å². The number of H-pyrrole nitrogens is 1. The Kier molecular flexibility index (Phi) is 5.26. The van der Waals surface area contributed by atoms with Crippen LogP contribution in [0, 0.1) is 0 Å². The Morgan fingerprint density at radius 3 is 2.74 bits per heavy atom. The molecule has 0 spiro atoms. The summed E-state index contributed by atoms with van der Waals surface area (Å²) in [5, 5.41) is 14.6. The van der Waals surface area contributed by atoms with Crippen LogP contribution in [-0.2, 0) is 6.54 Å². The maximum absolute atomic E-state index is 12.3. The lowest BCUT2D eigenvalue weighted by Gasteiger charge is -2.04. The lowest BCUT2D eigenvalue weighted by Crippen LogP contribution is -2.19. The molecule has 3 aromatic rings. The van der Waals surface area contributed by atoms with Gasteiger partial charge in [0.1, 0.15) is 17.9 Å². The molecule has 0 saturated heterocycles. The number of hydrogen-bond donors (Lipinski definition) is 2. The number of benzene rings is 1. The van der Waals surface area contributed by atoms with Crippen molar-refractivity contribution in [2.45, 2.75) is 12.7 Å². The standard InChI is InChI=1S/C16H12ClF3N6O/c17-11-3-1-10(2-4-11)13-7-14(23-22-13)15(27)24-21-8-12-5-6-26(25-12)9-16(18,19)20/h1-8H,9H2,(H,22,23)(H,24,27)/b21-8+. The summed E-state index contributed by atoms with van der Waals surface area (Å²) in [6, 6.07) is 9.80. The number of rotatable bonds is 5. The van der Waals surface area contributed by atoms with E-state index in [-0.39, 0.29) is 11.4 Å². The first kappa shape index (κ1) is 18.6. The second kappa shape index (κ2) is 7.62. The molecular weight excluding hydrogens is 385 g/mol. The third-order valence-electron chi connectivity index (χ3n) is 3.33. The lowest BCUT2D eigenvalue weighted by molar-refractivity contribution is -0.142. The summed E-state index contributed by atoms with van der Waals surface area (Å²) in [6.07, 6.45) is -2.05. The summed E-state index contributed by atoms with van der Waals surface area (Å²) in [5.74, 6) is -0.561. The number of nitrogens with zero attached hydrogens (tertiary/aromatic N) is 4. The molecule has 0 unspecified atom stereocenters. The number of hydrazone groups is 1. The van der Waals surface area contributed by atoms with Crippen LogP contribution >= 0.6 is 11.6 Å². The molecule has 0 aliphatic carbocycles. The molecule has 7 nitrogen and oxygen atoms in total. The lowest BCUT2D eigenvalue weighted by atomic mass is 10.1. The Labute approximate surface area is 155 Å². The number of hydrogen-bond acceptors (Lipinski definition) is 4. The van der Waals surface area contributed by atoms with E-state index in [1.54, 1.807) is 24.3 Å². The smallest absolute Gasteiger partial charge is 0.272 e. The predicted octanol–water partition coefficient (Wildman–Crippen LogP) is 3.25. The number of carbonyl (C=O) groups is 1. The minimum absolute atomic E-state index is 0.166. The van der Waals surface area contributed by atoms with Gasteiger partial charge >= 0.3 is 6.18 Å². The van der Waals surface area contributed by atoms with Gasteiger partial charge in [0.2, 0.25) is 0 Å². The Balaban J connectivity index is 1.59. The molecule has 11 heteroatoms. The first-order chi connectivity index (χ1) is 12.8. The first-order valence-electron chi connectivity index (χ1n) is 7.55. The van der Waals surface area contributed by atoms with Crippen molar-refractivity contribution in [3.63, 3.8) is 0 Å². The molecule has 3 rings (SSSR count). The molecule has 0 atom stereocenters. The molecular formula is C16H12ClF3N6O. The highest BCUT2D eigenvalue weighted by molar-refractivity contribution is 6.30. The fraction of sp³-hybridized carbons (Fsp3) is 0.125. The van der Waals surface area contributed by atoms with Gasteiger partial charge in [-0.05, 0) is 24.3 Å². The summed E-state index contributed by atoms with van der Waals surface area (Å²) >= 11 is 5.83. The van der Waals surface area contributed by atoms with Crippen molar-refractivity contribution >= 4 is 23.7 Å². The van der Waals surface area contributed by atoms with Crippen molar-refractivity contribution in [3.05, 3.63) is 59.0 Å². The van der Waals surface area contributed by atoms with E-state index in [1.165, 1.54) is 18.3 Å². The van der Waals surface area contributed by atoms with Crippen LogP contribution in [0.2, 0.25) is 5.02 Å². The molecule has 2 N–H and O–H groups in total. The van der Waals surface area contributed by atoms with Gasteiger partial charge in [-0.3, -0.25) is 14.6 Å². The number of nitrogens with one attached hydrogen (secondary N) is 2. The topological polar surface area (TPSA) is 88.0 Å². The van der Waals surface area contributed by atoms with Gasteiger partial charge in [0.15, 0.2) is 0 Å². The van der Waals surface area contributed by atoms with Crippen LogP contribution in [0.5, 0.6) is 0 Å². The SMILES string of the molecule is O=C(N/N=C/c1ccn(CC(F)(F)F)n1)c1cc(-c2ccc(Cl)cc2)n[nH]1. The molecule has 1 aromatic carbocycles. The number of halogens is 4. The van der Waals surface area contributed by atoms with Crippen LogP contribution in [0.15, 0.2) is 47.7 Å². The maximum Gasteiger partial charge on any atom is 0.408 e. The summed E-state index contributed by atoms with van der Waals surface area (Å²) in [4.78, 5) is 12.0. The zero-order chi connectivity index (χ0) is 19.4. The highest BCUT2D eigenvalue weighted by Gasteiger charge is 2.28. The molecule has 2 aromatic heterocycles. The number of amides is 1. The number of aromatic amines is 1. The van der Waals surface area contributed by atoms with Crippen molar-refractivity contribution in [1.29, 1.82) is 0 Å². The van der Waals surface area contributed by atoms with Crippen molar-refractivity contribution < 1.29 is 18.0 Å². The fourth-order valence-corrected chi connectivity index (χ4v) is 2.27. The second-order valence-electron chi connectivity index (χ2n) is 5.43. The van der Waals surface area contributed by atoms with Crippen LogP contribution in [0.1, 0.15) is 16.2 Å². The van der Waals surface area contributed by atoms with Crippen molar-refractivity contribution in [1.82, 2.24) is 25.4 Å². The van der Waals surface area contributed by atoms with E-state index in [0.29, 0.717) is 10.7 Å². The van der Waals surface area contributed by atoms with Gasteiger partial charge in [0.25, 0.3) is 5.91 Å². The predicted molar refractivity (Wildman–Crippen MR) is 92.4 cm³/mol. The van der Waals surface area contributed by atoms with Gasteiger partial charge in [-0.1, -0.05) is 23.7 Å². The minimum Gasteiger partial charge on any atom is -0.272 e. The van der Waals surface area contributed by atoms with E-state index < -0.39 is 18.6 Å². The molecule has 0 bridgehead atoms. The normalized spacial score (nSPS) is 11.9. The van der Waals surface area contributed by atoms with E-state index in [0.717, 1.165) is 16.5 Å². The van der Waals surface area contributed by atoms with E-state index >= 15 is 0 Å². The molecule has 1 amide bonds. The van der Waals surface area contributed by atoms with Gasteiger partial charge in [-0.25, -0.2) is 5.43 Å². The maximum atomic E-state index is 12.3. The third-order valence-corrected chi connectivity index (χ3v) is 3.58. The van der Waals surface area contributed by atoms with Crippen molar-refractivity contribution in [2.24, 2.45) is 5.10 Å². The van der Waals surface area contributed by atoms with Crippen molar-refractivity contribution in [2.75, 3.05) is 0 Å². The average Bonchev–Trinajstić information content (AvgIpc) is 3.24. The monoisotopic (exact) mass is 396 g/mol. The van der Waals surface area contributed by atoms with E-state index in [9.17, 15) is 18.0 Å². The second-order valence-corrected chi connectivity index (χ2v) is 5.86. The van der Waals surface area contributed by atoms with Gasteiger partial charge in [0, 0.05) is 16.8 Å². The molecule has 2 heterocycles. The molecule has 140 valence electrons. The van der Waals surface area contributed by atoms with Crippen LogP contribution in [0.3, 0.4) is 0 Å². The number of alkyl halides is 3.